The highest BCUT2D eigenvalue weighted by atomic mass is 16.1. The maximum absolute atomic E-state index is 11.6. The summed E-state index contributed by atoms with van der Waals surface area (Å²) in [6, 6.07) is 3.61. The molecule has 0 radical (unpaired) electrons. The van der Waals surface area contributed by atoms with Crippen LogP contribution in [0.15, 0.2) is 16.9 Å². The molecule has 1 aromatic carbocycles. The van der Waals surface area contributed by atoms with Gasteiger partial charge in [-0.15, -0.1) is 0 Å². The quantitative estimate of drug-likeness (QED) is 0.650. The Kier molecular flexibility index (Phi) is 2.00. The maximum atomic E-state index is 11.6. The minimum absolute atomic E-state index is 0.0764. The average molecular weight is 204 g/mol. The number of hydrogen-bond donors (Lipinski definition) is 0. The number of carbonyl (C=O) groups excluding carboxylic acids is 1. The van der Waals surface area contributed by atoms with Crippen LogP contribution >= 0.6 is 0 Å². The van der Waals surface area contributed by atoms with E-state index >= 15 is 0 Å². The number of fused-ring (bicyclic) bond motifs is 1. The Balaban J connectivity index is 3.00. The van der Waals surface area contributed by atoms with E-state index in [4.69, 9.17) is 0 Å². The first-order valence-corrected chi connectivity index (χ1v) is 4.67. The van der Waals surface area contributed by atoms with Crippen LogP contribution in [0.1, 0.15) is 15.9 Å². The van der Waals surface area contributed by atoms with Gasteiger partial charge in [0, 0.05) is 19.7 Å². The van der Waals surface area contributed by atoms with E-state index in [0.717, 1.165) is 22.9 Å². The second-order valence-corrected chi connectivity index (χ2v) is 3.72. The summed E-state index contributed by atoms with van der Waals surface area (Å²) in [5, 5.41) is 0. The second-order valence-electron chi connectivity index (χ2n) is 3.72. The molecule has 4 heteroatoms. The predicted molar refractivity (Wildman–Crippen MR) is 58.3 cm³/mol. The molecule has 0 aliphatic heterocycles. The third kappa shape index (κ3) is 1.21. The van der Waals surface area contributed by atoms with Crippen molar-refractivity contribution in [2.75, 3.05) is 0 Å². The molecule has 0 spiro atoms. The fourth-order valence-corrected chi connectivity index (χ4v) is 1.79. The zero-order valence-corrected chi connectivity index (χ0v) is 8.94. The highest BCUT2D eigenvalue weighted by Crippen LogP contribution is 2.16. The lowest BCUT2D eigenvalue weighted by Crippen LogP contribution is -2.19. The molecule has 0 bridgehead atoms. The zero-order valence-electron chi connectivity index (χ0n) is 8.94. The monoisotopic (exact) mass is 204 g/mol. The van der Waals surface area contributed by atoms with Crippen LogP contribution in [0.3, 0.4) is 0 Å². The molecule has 1 aromatic heterocycles. The van der Waals surface area contributed by atoms with E-state index in [0.29, 0.717) is 5.56 Å². The number of carbonyl (C=O) groups is 1. The number of aromatic nitrogens is 2. The molecule has 0 unspecified atom stereocenters. The standard InChI is InChI=1S/C11H12N2O2/c1-7-4-9-10(5-8(7)6-14)13(3)11(15)12(9)2/h4-6H,1-3H3. The van der Waals surface area contributed by atoms with Gasteiger partial charge in [0.05, 0.1) is 11.0 Å². The Morgan fingerprint density at radius 3 is 2.20 bits per heavy atom. The van der Waals surface area contributed by atoms with Crippen molar-refractivity contribution in [1.29, 1.82) is 0 Å². The van der Waals surface area contributed by atoms with Crippen molar-refractivity contribution >= 4 is 17.3 Å². The molecule has 0 N–H and O–H groups in total. The lowest BCUT2D eigenvalue weighted by molar-refractivity contribution is 0.112. The van der Waals surface area contributed by atoms with Gasteiger partial charge in [-0.25, -0.2) is 4.79 Å². The molecule has 4 nitrogen and oxygen atoms in total. The second kappa shape index (κ2) is 3.08. The van der Waals surface area contributed by atoms with Crippen molar-refractivity contribution in [2.24, 2.45) is 14.1 Å². The van der Waals surface area contributed by atoms with E-state index in [1.807, 2.05) is 13.0 Å². The molecular formula is C11H12N2O2. The summed E-state index contributed by atoms with van der Waals surface area (Å²) in [4.78, 5) is 22.4. The summed E-state index contributed by atoms with van der Waals surface area (Å²) >= 11 is 0. The van der Waals surface area contributed by atoms with E-state index in [2.05, 4.69) is 0 Å². The van der Waals surface area contributed by atoms with Gasteiger partial charge < -0.3 is 0 Å². The van der Waals surface area contributed by atoms with Crippen LogP contribution in [-0.2, 0) is 14.1 Å². The molecular weight excluding hydrogens is 192 g/mol. The van der Waals surface area contributed by atoms with E-state index in [1.165, 1.54) is 0 Å². The minimum Gasteiger partial charge on any atom is -0.298 e. The van der Waals surface area contributed by atoms with Gasteiger partial charge in [0.25, 0.3) is 0 Å². The van der Waals surface area contributed by atoms with Crippen LogP contribution in [-0.4, -0.2) is 15.4 Å². The third-order valence-electron chi connectivity index (χ3n) is 2.79. The topological polar surface area (TPSA) is 44.0 Å². The fourth-order valence-electron chi connectivity index (χ4n) is 1.79. The first-order valence-electron chi connectivity index (χ1n) is 4.67. The molecule has 78 valence electrons. The number of aryl methyl sites for hydroxylation is 3. The van der Waals surface area contributed by atoms with Crippen molar-refractivity contribution in [3.63, 3.8) is 0 Å². The molecule has 0 fully saturated rings. The Bertz CT molecular complexity index is 605. The first kappa shape index (κ1) is 9.71. The lowest BCUT2D eigenvalue weighted by atomic mass is 10.1. The molecule has 0 saturated heterocycles. The van der Waals surface area contributed by atoms with Gasteiger partial charge in [-0.2, -0.15) is 0 Å². The summed E-state index contributed by atoms with van der Waals surface area (Å²) in [5.41, 5.74) is 3.08. The Morgan fingerprint density at radius 2 is 1.67 bits per heavy atom. The number of rotatable bonds is 1. The van der Waals surface area contributed by atoms with E-state index < -0.39 is 0 Å². The molecule has 2 aromatic rings. The van der Waals surface area contributed by atoms with Crippen LogP contribution < -0.4 is 5.69 Å². The van der Waals surface area contributed by atoms with Gasteiger partial charge in [-0.05, 0) is 24.6 Å². The Labute approximate surface area is 86.7 Å². The van der Waals surface area contributed by atoms with E-state index in [-0.39, 0.29) is 5.69 Å². The van der Waals surface area contributed by atoms with E-state index in [1.54, 1.807) is 29.3 Å². The largest absolute Gasteiger partial charge is 0.328 e. The molecule has 0 aliphatic carbocycles. The first-order chi connectivity index (χ1) is 7.06. The number of imidazole rings is 1. The van der Waals surface area contributed by atoms with Crippen LogP contribution in [0.4, 0.5) is 0 Å². The van der Waals surface area contributed by atoms with Crippen molar-refractivity contribution in [1.82, 2.24) is 9.13 Å². The molecule has 15 heavy (non-hydrogen) atoms. The fraction of sp³-hybridized carbons (Fsp3) is 0.273. The van der Waals surface area contributed by atoms with Crippen LogP contribution in [0.2, 0.25) is 0 Å². The highest BCUT2D eigenvalue weighted by molar-refractivity contribution is 5.87. The Hall–Kier alpha value is -1.84. The number of benzene rings is 1. The van der Waals surface area contributed by atoms with Crippen molar-refractivity contribution in [3.8, 4) is 0 Å². The highest BCUT2D eigenvalue weighted by Gasteiger charge is 2.09. The molecule has 0 aliphatic rings. The van der Waals surface area contributed by atoms with E-state index in [9.17, 15) is 9.59 Å². The van der Waals surface area contributed by atoms with Crippen molar-refractivity contribution in [2.45, 2.75) is 6.92 Å². The summed E-state index contributed by atoms with van der Waals surface area (Å²) in [6.07, 6.45) is 0.812. The predicted octanol–water partition coefficient (Wildman–Crippen LogP) is 0.998. The summed E-state index contributed by atoms with van der Waals surface area (Å²) < 4.78 is 3.12. The van der Waals surface area contributed by atoms with Gasteiger partial charge in [-0.1, -0.05) is 0 Å². The molecule has 0 atom stereocenters. The zero-order chi connectivity index (χ0) is 11.2. The SMILES string of the molecule is Cc1cc2c(cc1C=O)n(C)c(=O)n2C. The minimum atomic E-state index is -0.0764. The van der Waals surface area contributed by atoms with Gasteiger partial charge in [-0.3, -0.25) is 13.9 Å². The molecule has 0 saturated carbocycles. The summed E-state index contributed by atoms with van der Waals surface area (Å²) in [6.45, 7) is 1.86. The van der Waals surface area contributed by atoms with Crippen LogP contribution in [0, 0.1) is 6.92 Å². The van der Waals surface area contributed by atoms with Crippen LogP contribution in [0.25, 0.3) is 11.0 Å². The molecule has 0 amide bonds. The molecule has 2 rings (SSSR count). The number of aldehydes is 1. The van der Waals surface area contributed by atoms with Gasteiger partial charge >= 0.3 is 5.69 Å². The van der Waals surface area contributed by atoms with Crippen molar-refractivity contribution < 1.29 is 4.79 Å². The third-order valence-corrected chi connectivity index (χ3v) is 2.79. The maximum Gasteiger partial charge on any atom is 0.328 e. The average Bonchev–Trinajstić information content (AvgIpc) is 2.43. The van der Waals surface area contributed by atoms with Gasteiger partial charge in [0.1, 0.15) is 6.29 Å². The van der Waals surface area contributed by atoms with Gasteiger partial charge in [0.2, 0.25) is 0 Å². The number of nitrogens with zero attached hydrogens (tertiary/aromatic N) is 2. The van der Waals surface area contributed by atoms with Crippen molar-refractivity contribution in [3.05, 3.63) is 33.7 Å². The normalized spacial score (nSPS) is 10.9. The smallest absolute Gasteiger partial charge is 0.298 e. The summed E-state index contributed by atoms with van der Waals surface area (Å²) in [7, 11) is 3.43. The van der Waals surface area contributed by atoms with Gasteiger partial charge in [0.15, 0.2) is 0 Å². The summed E-state index contributed by atoms with van der Waals surface area (Å²) in [5.74, 6) is 0. The lowest BCUT2D eigenvalue weighted by Gasteiger charge is -2.00. The Morgan fingerprint density at radius 1 is 1.13 bits per heavy atom. The van der Waals surface area contributed by atoms with Crippen LogP contribution in [0.5, 0.6) is 0 Å². The number of hydrogen-bond acceptors (Lipinski definition) is 2. The molecule has 1 heterocycles.